The topological polar surface area (TPSA) is 16.8 Å². The maximum atomic E-state index is 4.18. The molecule has 0 atom stereocenters. The third kappa shape index (κ3) is 2.55. The second-order valence-electron chi connectivity index (χ2n) is 5.01. The van der Waals surface area contributed by atoms with Crippen molar-refractivity contribution in [3.05, 3.63) is 24.8 Å². The first-order valence-corrected chi connectivity index (χ1v) is 6.08. The average molecular weight is 205 g/mol. The third-order valence-corrected chi connectivity index (χ3v) is 3.74. The van der Waals surface area contributed by atoms with Crippen molar-refractivity contribution in [2.75, 3.05) is 0 Å². The summed E-state index contributed by atoms with van der Waals surface area (Å²) < 4.78 is 2.27. The molecule has 0 aliphatic heterocycles. The molecule has 0 bridgehead atoms. The Labute approximate surface area is 92.4 Å². The highest BCUT2D eigenvalue weighted by Gasteiger charge is 2.26. The smallest absolute Gasteiger partial charge is 0.235 e. The van der Waals surface area contributed by atoms with E-state index in [0.29, 0.717) is 6.04 Å². The minimum Gasteiger partial charge on any atom is -0.235 e. The number of rotatable bonds is 2. The first-order valence-electron chi connectivity index (χ1n) is 6.08. The molecule has 82 valence electrons. The third-order valence-electron chi connectivity index (χ3n) is 3.74. The van der Waals surface area contributed by atoms with E-state index in [1.165, 1.54) is 25.7 Å². The highest BCUT2D eigenvalue weighted by atomic mass is 15.0. The Morgan fingerprint density at radius 2 is 1.93 bits per heavy atom. The lowest BCUT2D eigenvalue weighted by Crippen LogP contribution is -2.41. The highest BCUT2D eigenvalue weighted by Crippen LogP contribution is 2.33. The molecule has 1 saturated carbocycles. The van der Waals surface area contributed by atoms with Crippen molar-refractivity contribution in [2.45, 2.75) is 45.6 Å². The van der Waals surface area contributed by atoms with Crippen molar-refractivity contribution in [3.8, 4) is 0 Å². The molecule has 0 unspecified atom stereocenters. The minimum absolute atomic E-state index is 0.689. The van der Waals surface area contributed by atoms with Crippen molar-refractivity contribution in [3.63, 3.8) is 0 Å². The SMILES string of the molecule is CC(C)C1CCC([n+]2cccnc2)CC1. The largest absolute Gasteiger partial charge is 0.286 e. The molecule has 1 fully saturated rings. The second-order valence-corrected chi connectivity index (χ2v) is 5.01. The molecule has 15 heavy (non-hydrogen) atoms. The summed E-state index contributed by atoms with van der Waals surface area (Å²) in [6.07, 6.45) is 11.3. The van der Waals surface area contributed by atoms with Crippen LogP contribution in [0.15, 0.2) is 24.8 Å². The molecule has 1 aromatic heterocycles. The van der Waals surface area contributed by atoms with E-state index in [2.05, 4.69) is 29.6 Å². The van der Waals surface area contributed by atoms with E-state index in [1.807, 2.05) is 18.6 Å². The number of hydrogen-bond acceptors (Lipinski definition) is 1. The van der Waals surface area contributed by atoms with Gasteiger partial charge in [0.2, 0.25) is 0 Å². The van der Waals surface area contributed by atoms with Crippen LogP contribution in [0.3, 0.4) is 0 Å². The molecule has 0 radical (unpaired) electrons. The molecule has 0 spiro atoms. The number of hydrogen-bond donors (Lipinski definition) is 0. The monoisotopic (exact) mass is 205 g/mol. The van der Waals surface area contributed by atoms with Gasteiger partial charge < -0.3 is 0 Å². The van der Waals surface area contributed by atoms with Crippen LogP contribution in [-0.2, 0) is 0 Å². The van der Waals surface area contributed by atoms with E-state index in [0.717, 1.165) is 11.8 Å². The summed E-state index contributed by atoms with van der Waals surface area (Å²) in [7, 11) is 0. The van der Waals surface area contributed by atoms with Crippen LogP contribution in [0.25, 0.3) is 0 Å². The molecule has 0 aromatic carbocycles. The van der Waals surface area contributed by atoms with Crippen LogP contribution < -0.4 is 4.57 Å². The summed E-state index contributed by atoms with van der Waals surface area (Å²) in [5, 5.41) is 0. The van der Waals surface area contributed by atoms with Crippen LogP contribution in [0.4, 0.5) is 0 Å². The van der Waals surface area contributed by atoms with Gasteiger partial charge in [0.05, 0.1) is 6.20 Å². The first-order chi connectivity index (χ1) is 7.27. The van der Waals surface area contributed by atoms with Gasteiger partial charge in [0.25, 0.3) is 6.33 Å². The summed E-state index contributed by atoms with van der Waals surface area (Å²) in [5.74, 6) is 1.79. The van der Waals surface area contributed by atoms with Gasteiger partial charge in [-0.2, -0.15) is 0 Å². The van der Waals surface area contributed by atoms with E-state index in [4.69, 9.17) is 0 Å². The summed E-state index contributed by atoms with van der Waals surface area (Å²) >= 11 is 0. The van der Waals surface area contributed by atoms with Gasteiger partial charge in [0, 0.05) is 6.07 Å². The Morgan fingerprint density at radius 1 is 1.20 bits per heavy atom. The van der Waals surface area contributed by atoms with Crippen molar-refractivity contribution in [1.82, 2.24) is 4.98 Å². The molecular formula is C13H21N2+. The van der Waals surface area contributed by atoms with E-state index in [-0.39, 0.29) is 0 Å². The number of aromatic nitrogens is 2. The van der Waals surface area contributed by atoms with E-state index < -0.39 is 0 Å². The summed E-state index contributed by atoms with van der Waals surface area (Å²) in [6, 6.07) is 2.71. The van der Waals surface area contributed by atoms with Crippen molar-refractivity contribution in [1.29, 1.82) is 0 Å². The fourth-order valence-corrected chi connectivity index (χ4v) is 2.62. The molecule has 1 aromatic rings. The average Bonchev–Trinajstić information content (AvgIpc) is 2.30. The fourth-order valence-electron chi connectivity index (χ4n) is 2.62. The zero-order chi connectivity index (χ0) is 10.7. The predicted octanol–water partition coefficient (Wildman–Crippen LogP) is 2.76. The maximum Gasteiger partial charge on any atom is 0.286 e. The van der Waals surface area contributed by atoms with Crippen LogP contribution in [0.5, 0.6) is 0 Å². The van der Waals surface area contributed by atoms with Crippen LogP contribution in [0.1, 0.15) is 45.6 Å². The lowest BCUT2D eigenvalue weighted by Gasteiger charge is -2.29. The Morgan fingerprint density at radius 3 is 2.47 bits per heavy atom. The van der Waals surface area contributed by atoms with E-state index in [9.17, 15) is 0 Å². The summed E-state index contributed by atoms with van der Waals surface area (Å²) in [5.41, 5.74) is 0. The standard InChI is InChI=1S/C13H21N2/c1-11(2)12-4-6-13(7-5-12)15-9-3-8-14-10-15/h3,8-13H,4-7H2,1-2H3/q+1. The molecule has 2 nitrogen and oxygen atoms in total. The molecule has 1 heterocycles. The van der Waals surface area contributed by atoms with Gasteiger partial charge in [-0.05, 0) is 37.5 Å². The molecule has 0 saturated heterocycles. The Hall–Kier alpha value is -0.920. The molecule has 1 aliphatic rings. The van der Waals surface area contributed by atoms with Crippen LogP contribution in [0.2, 0.25) is 0 Å². The van der Waals surface area contributed by atoms with E-state index >= 15 is 0 Å². The van der Waals surface area contributed by atoms with Crippen LogP contribution in [-0.4, -0.2) is 4.98 Å². The Balaban J connectivity index is 1.94. The molecular weight excluding hydrogens is 184 g/mol. The molecule has 0 amide bonds. The first kappa shape index (κ1) is 10.6. The van der Waals surface area contributed by atoms with Gasteiger partial charge in [0.1, 0.15) is 12.2 Å². The Bertz CT molecular complexity index is 287. The lowest BCUT2D eigenvalue weighted by molar-refractivity contribution is -0.728. The molecule has 1 aliphatic carbocycles. The summed E-state index contributed by atoms with van der Waals surface area (Å²) in [4.78, 5) is 4.18. The van der Waals surface area contributed by atoms with Gasteiger partial charge in [-0.1, -0.05) is 18.8 Å². The second kappa shape index (κ2) is 4.73. The molecule has 2 rings (SSSR count). The zero-order valence-electron chi connectivity index (χ0n) is 9.76. The fraction of sp³-hybridized carbons (Fsp3) is 0.692. The normalized spacial score (nSPS) is 26.9. The predicted molar refractivity (Wildman–Crippen MR) is 60.3 cm³/mol. The number of nitrogens with zero attached hydrogens (tertiary/aromatic N) is 2. The van der Waals surface area contributed by atoms with E-state index in [1.54, 1.807) is 0 Å². The maximum absolute atomic E-state index is 4.18. The van der Waals surface area contributed by atoms with Gasteiger partial charge in [-0.25, -0.2) is 4.57 Å². The van der Waals surface area contributed by atoms with Crippen molar-refractivity contribution in [2.24, 2.45) is 11.8 Å². The minimum atomic E-state index is 0.689. The van der Waals surface area contributed by atoms with Gasteiger partial charge >= 0.3 is 0 Å². The molecule has 2 heteroatoms. The zero-order valence-corrected chi connectivity index (χ0v) is 9.76. The van der Waals surface area contributed by atoms with Crippen molar-refractivity contribution >= 4 is 0 Å². The Kier molecular flexibility index (Phi) is 3.34. The van der Waals surface area contributed by atoms with Crippen molar-refractivity contribution < 1.29 is 4.57 Å². The van der Waals surface area contributed by atoms with Crippen LogP contribution in [0, 0.1) is 11.8 Å². The highest BCUT2D eigenvalue weighted by molar-refractivity contribution is 4.74. The van der Waals surface area contributed by atoms with Gasteiger partial charge in [0.15, 0.2) is 0 Å². The lowest BCUT2D eigenvalue weighted by atomic mass is 9.79. The summed E-state index contributed by atoms with van der Waals surface area (Å²) in [6.45, 7) is 4.70. The van der Waals surface area contributed by atoms with Gasteiger partial charge in [-0.3, -0.25) is 0 Å². The van der Waals surface area contributed by atoms with Gasteiger partial charge in [-0.15, -0.1) is 0 Å². The quantitative estimate of drug-likeness (QED) is 0.678. The van der Waals surface area contributed by atoms with Crippen LogP contribution >= 0.6 is 0 Å². The molecule has 0 N–H and O–H groups in total.